The van der Waals surface area contributed by atoms with Crippen LogP contribution in [0.2, 0.25) is 0 Å². The fourth-order valence-electron chi connectivity index (χ4n) is 2.55. The number of benzene rings is 1. The number of pyridine rings is 1. The first-order chi connectivity index (χ1) is 12.7. The minimum atomic E-state index is -0.201. The average Bonchev–Trinajstić information content (AvgIpc) is 3.22. The molecule has 7 nitrogen and oxygen atoms in total. The van der Waals surface area contributed by atoms with Gasteiger partial charge in [0.2, 0.25) is 4.96 Å². The SMILES string of the molecule is COc1ccc(/C=c2/sc3nc(-c4ccncc4)nn3c2=O)cc1OC. The summed E-state index contributed by atoms with van der Waals surface area (Å²) >= 11 is 1.29. The molecule has 26 heavy (non-hydrogen) atoms. The molecule has 0 spiro atoms. The maximum atomic E-state index is 12.6. The Morgan fingerprint density at radius 2 is 1.85 bits per heavy atom. The Hall–Kier alpha value is -3.26. The van der Waals surface area contributed by atoms with Gasteiger partial charge in [0.25, 0.3) is 5.56 Å². The maximum absolute atomic E-state index is 12.6. The summed E-state index contributed by atoms with van der Waals surface area (Å²) in [6.07, 6.45) is 5.12. The second-order valence-corrected chi connectivity index (χ2v) is 6.40. The minimum absolute atomic E-state index is 0.201. The lowest BCUT2D eigenvalue weighted by Crippen LogP contribution is -2.23. The first-order valence-corrected chi connectivity index (χ1v) is 8.55. The highest BCUT2D eigenvalue weighted by Gasteiger charge is 2.12. The number of fused-ring (bicyclic) bond motifs is 1. The molecule has 130 valence electrons. The van der Waals surface area contributed by atoms with Crippen LogP contribution in [-0.4, -0.2) is 33.8 Å². The van der Waals surface area contributed by atoms with Gasteiger partial charge in [-0.1, -0.05) is 17.4 Å². The van der Waals surface area contributed by atoms with Crippen molar-refractivity contribution in [2.24, 2.45) is 0 Å². The van der Waals surface area contributed by atoms with Gasteiger partial charge >= 0.3 is 0 Å². The van der Waals surface area contributed by atoms with Crippen LogP contribution in [0, 0.1) is 0 Å². The molecular weight excluding hydrogens is 352 g/mol. The van der Waals surface area contributed by atoms with Gasteiger partial charge in [0.1, 0.15) is 0 Å². The first kappa shape index (κ1) is 16.2. The molecule has 0 saturated heterocycles. The van der Waals surface area contributed by atoms with Gasteiger partial charge < -0.3 is 9.47 Å². The molecule has 0 radical (unpaired) electrons. The van der Waals surface area contributed by atoms with Gasteiger partial charge in [-0.15, -0.1) is 5.10 Å². The van der Waals surface area contributed by atoms with E-state index in [0.29, 0.717) is 26.8 Å². The Labute approximate surface area is 152 Å². The zero-order valence-corrected chi connectivity index (χ0v) is 14.9. The fourth-order valence-corrected chi connectivity index (χ4v) is 3.46. The van der Waals surface area contributed by atoms with Crippen molar-refractivity contribution < 1.29 is 9.47 Å². The van der Waals surface area contributed by atoms with E-state index in [1.807, 2.05) is 12.1 Å². The Balaban J connectivity index is 1.78. The van der Waals surface area contributed by atoms with E-state index in [1.54, 1.807) is 50.9 Å². The summed E-state index contributed by atoms with van der Waals surface area (Å²) < 4.78 is 12.4. The summed E-state index contributed by atoms with van der Waals surface area (Å²) in [7, 11) is 3.15. The Bertz CT molecular complexity index is 1180. The summed E-state index contributed by atoms with van der Waals surface area (Å²) in [4.78, 5) is 21.6. The zero-order valence-electron chi connectivity index (χ0n) is 14.0. The minimum Gasteiger partial charge on any atom is -0.493 e. The summed E-state index contributed by atoms with van der Waals surface area (Å²) in [5.41, 5.74) is 1.45. The second-order valence-electron chi connectivity index (χ2n) is 5.40. The van der Waals surface area contributed by atoms with Crippen molar-refractivity contribution >= 4 is 22.4 Å². The molecule has 0 N–H and O–H groups in total. The Morgan fingerprint density at radius 3 is 2.54 bits per heavy atom. The molecule has 0 aliphatic rings. The highest BCUT2D eigenvalue weighted by atomic mass is 32.1. The number of hydrogen-bond acceptors (Lipinski definition) is 7. The van der Waals surface area contributed by atoms with Crippen LogP contribution in [0.3, 0.4) is 0 Å². The molecule has 0 amide bonds. The lowest BCUT2D eigenvalue weighted by atomic mass is 10.2. The van der Waals surface area contributed by atoms with E-state index in [-0.39, 0.29) is 5.56 Å². The fraction of sp³-hybridized carbons (Fsp3) is 0.111. The van der Waals surface area contributed by atoms with Gasteiger partial charge in [0.05, 0.1) is 18.8 Å². The highest BCUT2D eigenvalue weighted by Crippen LogP contribution is 2.27. The number of nitrogens with zero attached hydrogens (tertiary/aromatic N) is 4. The van der Waals surface area contributed by atoms with Crippen molar-refractivity contribution in [2.45, 2.75) is 0 Å². The van der Waals surface area contributed by atoms with E-state index in [4.69, 9.17) is 9.47 Å². The predicted molar refractivity (Wildman–Crippen MR) is 98.7 cm³/mol. The number of hydrogen-bond donors (Lipinski definition) is 0. The van der Waals surface area contributed by atoms with Crippen LogP contribution in [0.15, 0.2) is 47.5 Å². The summed E-state index contributed by atoms with van der Waals surface area (Å²) in [6.45, 7) is 0. The van der Waals surface area contributed by atoms with Crippen molar-refractivity contribution in [3.8, 4) is 22.9 Å². The number of rotatable bonds is 4. The average molecular weight is 366 g/mol. The molecule has 0 atom stereocenters. The summed E-state index contributed by atoms with van der Waals surface area (Å²) in [5, 5.41) is 4.32. The van der Waals surface area contributed by atoms with Gasteiger partial charge in [-0.05, 0) is 35.9 Å². The van der Waals surface area contributed by atoms with E-state index >= 15 is 0 Å². The van der Waals surface area contributed by atoms with Crippen molar-refractivity contribution in [1.82, 2.24) is 19.6 Å². The van der Waals surface area contributed by atoms with Crippen LogP contribution in [0.25, 0.3) is 22.4 Å². The molecule has 0 aliphatic carbocycles. The first-order valence-electron chi connectivity index (χ1n) is 7.73. The lowest BCUT2D eigenvalue weighted by molar-refractivity contribution is 0.355. The zero-order chi connectivity index (χ0) is 18.1. The molecule has 3 aromatic heterocycles. The monoisotopic (exact) mass is 366 g/mol. The van der Waals surface area contributed by atoms with E-state index in [2.05, 4.69) is 15.1 Å². The molecule has 0 saturated carbocycles. The maximum Gasteiger partial charge on any atom is 0.291 e. The van der Waals surface area contributed by atoms with Crippen LogP contribution < -0.4 is 19.6 Å². The van der Waals surface area contributed by atoms with Gasteiger partial charge in [0.15, 0.2) is 17.3 Å². The van der Waals surface area contributed by atoms with Crippen molar-refractivity contribution in [3.05, 3.63) is 63.2 Å². The van der Waals surface area contributed by atoms with Crippen LogP contribution >= 0.6 is 11.3 Å². The molecule has 8 heteroatoms. The molecular formula is C18H14N4O3S. The molecule has 1 aromatic carbocycles. The second kappa shape index (κ2) is 6.57. The number of methoxy groups -OCH3 is 2. The van der Waals surface area contributed by atoms with E-state index < -0.39 is 0 Å². The van der Waals surface area contributed by atoms with E-state index in [0.717, 1.165) is 11.1 Å². The van der Waals surface area contributed by atoms with Gasteiger partial charge in [-0.25, -0.2) is 0 Å². The van der Waals surface area contributed by atoms with Crippen molar-refractivity contribution in [3.63, 3.8) is 0 Å². The molecule has 4 aromatic rings. The van der Waals surface area contributed by atoms with Gasteiger partial charge in [-0.2, -0.15) is 9.50 Å². The third kappa shape index (κ3) is 2.80. The van der Waals surface area contributed by atoms with Crippen molar-refractivity contribution in [2.75, 3.05) is 14.2 Å². The lowest BCUT2D eigenvalue weighted by Gasteiger charge is -2.07. The normalized spacial score (nSPS) is 11.8. The summed E-state index contributed by atoms with van der Waals surface area (Å²) in [5.74, 6) is 1.75. The molecule has 0 fully saturated rings. The van der Waals surface area contributed by atoms with Crippen LogP contribution in [0.1, 0.15) is 5.56 Å². The van der Waals surface area contributed by atoms with Crippen LogP contribution in [0.4, 0.5) is 0 Å². The van der Waals surface area contributed by atoms with Crippen molar-refractivity contribution in [1.29, 1.82) is 0 Å². The van der Waals surface area contributed by atoms with Crippen LogP contribution in [-0.2, 0) is 0 Å². The number of ether oxygens (including phenoxy) is 2. The Kier molecular flexibility index (Phi) is 4.10. The third-order valence-electron chi connectivity index (χ3n) is 3.83. The largest absolute Gasteiger partial charge is 0.493 e. The van der Waals surface area contributed by atoms with E-state index in [1.165, 1.54) is 15.9 Å². The Morgan fingerprint density at radius 1 is 1.08 bits per heavy atom. The molecule has 3 heterocycles. The number of aromatic nitrogens is 4. The smallest absolute Gasteiger partial charge is 0.291 e. The topological polar surface area (TPSA) is 78.6 Å². The predicted octanol–water partition coefficient (Wildman–Crippen LogP) is 1.78. The van der Waals surface area contributed by atoms with Gasteiger partial charge in [0, 0.05) is 18.0 Å². The van der Waals surface area contributed by atoms with Crippen LogP contribution in [0.5, 0.6) is 11.5 Å². The number of thiazole rings is 1. The third-order valence-corrected chi connectivity index (χ3v) is 4.78. The van der Waals surface area contributed by atoms with E-state index in [9.17, 15) is 4.79 Å². The highest BCUT2D eigenvalue weighted by molar-refractivity contribution is 7.15. The quantitative estimate of drug-likeness (QED) is 0.548. The summed E-state index contributed by atoms with van der Waals surface area (Å²) in [6, 6.07) is 9.09. The molecule has 0 aliphatic heterocycles. The molecule has 0 bridgehead atoms. The standard InChI is InChI=1S/C18H14N4O3S/c1-24-13-4-3-11(9-14(13)25-2)10-15-17(23)22-18(26-15)20-16(21-22)12-5-7-19-8-6-12/h3-10H,1-2H3/b15-10+. The van der Waals surface area contributed by atoms with Gasteiger partial charge in [-0.3, -0.25) is 9.78 Å². The molecule has 4 rings (SSSR count). The molecule has 0 unspecified atom stereocenters.